The molecule has 0 bridgehead atoms. The first-order chi connectivity index (χ1) is 9.97. The van der Waals surface area contributed by atoms with Gasteiger partial charge in [-0.2, -0.15) is 0 Å². The first-order valence-corrected chi connectivity index (χ1v) is 6.20. The van der Waals surface area contributed by atoms with Crippen LogP contribution in [0.2, 0.25) is 0 Å². The summed E-state index contributed by atoms with van der Waals surface area (Å²) in [4.78, 5) is 23.1. The minimum Gasteiger partial charge on any atom is -0.396 e. The van der Waals surface area contributed by atoms with Crippen molar-refractivity contribution in [1.82, 2.24) is 0 Å². The monoisotopic (exact) mass is 287 g/mol. The molecule has 0 spiro atoms. The molecule has 0 saturated carbocycles. The van der Waals surface area contributed by atoms with Crippen molar-refractivity contribution < 1.29 is 14.0 Å². The lowest BCUT2D eigenvalue weighted by Crippen LogP contribution is -2.17. The molecule has 0 aliphatic heterocycles. The zero-order valence-corrected chi connectivity index (χ0v) is 11.1. The highest BCUT2D eigenvalue weighted by molar-refractivity contribution is 6.05. The lowest BCUT2D eigenvalue weighted by Gasteiger charge is -2.10. The maximum atomic E-state index is 13.4. The van der Waals surface area contributed by atoms with Crippen molar-refractivity contribution in [3.63, 3.8) is 0 Å². The Hall–Kier alpha value is -2.89. The Kier molecular flexibility index (Phi) is 4.18. The van der Waals surface area contributed by atoms with E-state index in [1.165, 1.54) is 12.1 Å². The molecule has 108 valence electrons. The highest BCUT2D eigenvalue weighted by Crippen LogP contribution is 2.18. The maximum absolute atomic E-state index is 13.4. The number of anilines is 2. The van der Waals surface area contributed by atoms with Crippen molar-refractivity contribution >= 4 is 23.2 Å². The van der Waals surface area contributed by atoms with Crippen molar-refractivity contribution in [3.05, 3.63) is 59.4 Å². The van der Waals surface area contributed by atoms with E-state index in [0.29, 0.717) is 11.3 Å². The van der Waals surface area contributed by atoms with E-state index in [2.05, 4.69) is 5.32 Å². The van der Waals surface area contributed by atoms with Gasteiger partial charge >= 0.3 is 0 Å². The minimum atomic E-state index is -0.659. The van der Waals surface area contributed by atoms with Crippen LogP contribution in [-0.2, 0) is 11.2 Å². The summed E-state index contributed by atoms with van der Waals surface area (Å²) in [6.07, 6.45) is 0.00650. The summed E-state index contributed by atoms with van der Waals surface area (Å²) in [7, 11) is 0. The number of carbonyl (C=O) groups is 2. The van der Waals surface area contributed by atoms with Gasteiger partial charge < -0.3 is 16.8 Å². The maximum Gasteiger partial charge on any atom is 0.255 e. The van der Waals surface area contributed by atoms with Gasteiger partial charge in [-0.25, -0.2) is 4.39 Å². The van der Waals surface area contributed by atoms with Gasteiger partial charge in [0, 0.05) is 11.3 Å². The summed E-state index contributed by atoms with van der Waals surface area (Å²) in [5.41, 5.74) is 11.7. The van der Waals surface area contributed by atoms with Crippen molar-refractivity contribution in [2.45, 2.75) is 6.42 Å². The molecule has 2 amide bonds. The second kappa shape index (κ2) is 6.04. The Morgan fingerprint density at radius 1 is 1.14 bits per heavy atom. The van der Waals surface area contributed by atoms with E-state index >= 15 is 0 Å². The van der Waals surface area contributed by atoms with E-state index in [0.717, 1.165) is 6.07 Å². The number of rotatable bonds is 4. The number of hydrogen-bond donors (Lipinski definition) is 3. The molecule has 2 aromatic carbocycles. The molecular weight excluding hydrogens is 273 g/mol. The predicted molar refractivity (Wildman–Crippen MR) is 78.1 cm³/mol. The number of nitrogen functional groups attached to an aromatic ring is 1. The number of amides is 2. The smallest absolute Gasteiger partial charge is 0.255 e. The Labute approximate surface area is 120 Å². The van der Waals surface area contributed by atoms with E-state index in [4.69, 9.17) is 11.5 Å². The number of benzene rings is 2. The molecule has 21 heavy (non-hydrogen) atoms. The first-order valence-electron chi connectivity index (χ1n) is 6.20. The van der Waals surface area contributed by atoms with Crippen molar-refractivity contribution in [2.24, 2.45) is 5.73 Å². The van der Waals surface area contributed by atoms with Gasteiger partial charge in [-0.05, 0) is 29.8 Å². The van der Waals surface area contributed by atoms with E-state index in [1.807, 2.05) is 0 Å². The van der Waals surface area contributed by atoms with Gasteiger partial charge in [-0.15, -0.1) is 0 Å². The molecule has 0 heterocycles. The summed E-state index contributed by atoms with van der Waals surface area (Å²) in [5, 5.41) is 2.62. The standard InChI is InChI=1S/C15H14FN3O2/c16-11-7-10(5-6-12(11)17)15(21)19-13-4-2-1-3-9(13)8-14(18)20/h1-7H,8,17H2,(H2,18,20)(H,19,21). The van der Waals surface area contributed by atoms with Gasteiger partial charge in [-0.1, -0.05) is 18.2 Å². The third-order valence-electron chi connectivity index (χ3n) is 2.89. The fourth-order valence-electron chi connectivity index (χ4n) is 1.85. The number of para-hydroxylation sites is 1. The van der Waals surface area contributed by atoms with E-state index in [1.54, 1.807) is 24.3 Å². The predicted octanol–water partition coefficient (Wildman–Crippen LogP) is 1.69. The Morgan fingerprint density at radius 2 is 1.86 bits per heavy atom. The van der Waals surface area contributed by atoms with Crippen molar-refractivity contribution in [3.8, 4) is 0 Å². The van der Waals surface area contributed by atoms with Gasteiger partial charge in [0.2, 0.25) is 5.91 Å². The van der Waals surface area contributed by atoms with Crippen LogP contribution in [0.5, 0.6) is 0 Å². The molecule has 0 aromatic heterocycles. The van der Waals surface area contributed by atoms with Gasteiger partial charge in [-0.3, -0.25) is 9.59 Å². The van der Waals surface area contributed by atoms with Crippen LogP contribution in [0.25, 0.3) is 0 Å². The average Bonchev–Trinajstić information content (AvgIpc) is 2.43. The van der Waals surface area contributed by atoms with Crippen LogP contribution in [0.15, 0.2) is 42.5 Å². The van der Waals surface area contributed by atoms with Crippen molar-refractivity contribution in [2.75, 3.05) is 11.1 Å². The molecule has 0 fully saturated rings. The lowest BCUT2D eigenvalue weighted by molar-refractivity contribution is -0.117. The third-order valence-corrected chi connectivity index (χ3v) is 2.89. The second-order valence-electron chi connectivity index (χ2n) is 4.49. The molecule has 0 radical (unpaired) electrons. The molecule has 0 atom stereocenters. The summed E-state index contributed by atoms with van der Waals surface area (Å²) in [6.45, 7) is 0. The minimum absolute atomic E-state index is 0.00650. The summed E-state index contributed by atoms with van der Waals surface area (Å²) in [6, 6.07) is 10.6. The van der Waals surface area contributed by atoms with Gasteiger partial charge in [0.05, 0.1) is 12.1 Å². The number of nitrogens with one attached hydrogen (secondary N) is 1. The van der Waals surface area contributed by atoms with Gasteiger partial charge in [0.1, 0.15) is 5.82 Å². The van der Waals surface area contributed by atoms with E-state index < -0.39 is 17.6 Å². The van der Waals surface area contributed by atoms with Gasteiger partial charge in [0.15, 0.2) is 0 Å². The molecule has 0 unspecified atom stereocenters. The molecule has 5 N–H and O–H groups in total. The van der Waals surface area contributed by atoms with Crippen LogP contribution in [0, 0.1) is 5.82 Å². The van der Waals surface area contributed by atoms with Crippen LogP contribution in [0.4, 0.5) is 15.8 Å². The Balaban J connectivity index is 2.23. The molecule has 0 saturated heterocycles. The third kappa shape index (κ3) is 3.56. The molecule has 0 aliphatic carbocycles. The Bertz CT molecular complexity index is 701. The van der Waals surface area contributed by atoms with Crippen LogP contribution >= 0.6 is 0 Å². The largest absolute Gasteiger partial charge is 0.396 e. The summed E-state index contributed by atoms with van der Waals surface area (Å²) in [5.74, 6) is -1.66. The van der Waals surface area contributed by atoms with Gasteiger partial charge in [0.25, 0.3) is 5.91 Å². The molecule has 2 rings (SSSR count). The lowest BCUT2D eigenvalue weighted by atomic mass is 10.1. The van der Waals surface area contributed by atoms with Crippen molar-refractivity contribution in [1.29, 1.82) is 0 Å². The topological polar surface area (TPSA) is 98.2 Å². The molecule has 2 aromatic rings. The number of hydrogen-bond acceptors (Lipinski definition) is 3. The highest BCUT2D eigenvalue weighted by atomic mass is 19.1. The summed E-state index contributed by atoms with van der Waals surface area (Å²) >= 11 is 0. The number of carbonyl (C=O) groups excluding carboxylic acids is 2. The van der Waals surface area contributed by atoms with E-state index in [9.17, 15) is 14.0 Å². The quantitative estimate of drug-likeness (QED) is 0.746. The number of halogens is 1. The van der Waals surface area contributed by atoms with Crippen LogP contribution in [0.1, 0.15) is 15.9 Å². The average molecular weight is 287 g/mol. The molecule has 5 nitrogen and oxygen atoms in total. The molecule has 6 heteroatoms. The van der Waals surface area contributed by atoms with E-state index in [-0.39, 0.29) is 17.7 Å². The Morgan fingerprint density at radius 3 is 2.52 bits per heavy atom. The normalized spacial score (nSPS) is 10.1. The molecular formula is C15H14FN3O2. The first kappa shape index (κ1) is 14.5. The SMILES string of the molecule is NC(=O)Cc1ccccc1NC(=O)c1ccc(N)c(F)c1. The van der Waals surface area contributed by atoms with Crippen LogP contribution < -0.4 is 16.8 Å². The summed E-state index contributed by atoms with van der Waals surface area (Å²) < 4.78 is 13.4. The second-order valence-corrected chi connectivity index (χ2v) is 4.49. The fraction of sp³-hybridized carbons (Fsp3) is 0.0667. The number of primary amides is 1. The zero-order chi connectivity index (χ0) is 15.4. The number of nitrogens with two attached hydrogens (primary N) is 2. The highest BCUT2D eigenvalue weighted by Gasteiger charge is 2.11. The van der Waals surface area contributed by atoms with Crippen LogP contribution in [-0.4, -0.2) is 11.8 Å². The zero-order valence-electron chi connectivity index (χ0n) is 11.1. The van der Waals surface area contributed by atoms with Crippen LogP contribution in [0.3, 0.4) is 0 Å². The molecule has 0 aliphatic rings. The fourth-order valence-corrected chi connectivity index (χ4v) is 1.85.